The van der Waals surface area contributed by atoms with E-state index in [9.17, 15) is 19.2 Å². The van der Waals surface area contributed by atoms with E-state index in [2.05, 4.69) is 10.1 Å². The Labute approximate surface area is 161 Å². The van der Waals surface area contributed by atoms with Gasteiger partial charge in [-0.15, -0.1) is 0 Å². The quantitative estimate of drug-likeness (QED) is 0.638. The molecular formula is C19H24N2O7. The first-order chi connectivity index (χ1) is 13.4. The number of nitrogens with one attached hydrogen (secondary N) is 1. The van der Waals surface area contributed by atoms with Gasteiger partial charge in [-0.1, -0.05) is 32.4 Å². The lowest BCUT2D eigenvalue weighted by molar-refractivity contribution is -0.151. The van der Waals surface area contributed by atoms with Gasteiger partial charge in [-0.3, -0.25) is 14.2 Å². The lowest BCUT2D eigenvalue weighted by atomic mass is 9.99. The molecule has 28 heavy (non-hydrogen) atoms. The maximum absolute atomic E-state index is 12.0. The van der Waals surface area contributed by atoms with Gasteiger partial charge in [-0.25, -0.2) is 9.59 Å². The number of hydrogen-bond acceptors (Lipinski definition) is 7. The van der Waals surface area contributed by atoms with E-state index in [4.69, 9.17) is 9.15 Å². The molecule has 0 saturated heterocycles. The summed E-state index contributed by atoms with van der Waals surface area (Å²) in [5.74, 6) is -2.50. The molecule has 0 saturated carbocycles. The smallest absolute Gasteiger partial charge is 0.419 e. The summed E-state index contributed by atoms with van der Waals surface area (Å²) in [6.45, 7) is 3.23. The number of aromatic nitrogens is 1. The van der Waals surface area contributed by atoms with E-state index in [-0.39, 0.29) is 18.9 Å². The summed E-state index contributed by atoms with van der Waals surface area (Å²) in [7, 11) is 1.24. The van der Waals surface area contributed by atoms with Crippen molar-refractivity contribution in [1.29, 1.82) is 0 Å². The third-order valence-electron chi connectivity index (χ3n) is 4.46. The number of para-hydroxylation sites is 2. The normalized spacial score (nSPS) is 13.0. The van der Waals surface area contributed by atoms with Crippen molar-refractivity contribution in [1.82, 2.24) is 9.88 Å². The van der Waals surface area contributed by atoms with E-state index in [1.54, 1.807) is 31.2 Å². The second-order valence-corrected chi connectivity index (χ2v) is 6.35. The van der Waals surface area contributed by atoms with Gasteiger partial charge in [-0.05, 0) is 18.1 Å². The molecule has 1 heterocycles. The first-order valence-electron chi connectivity index (χ1n) is 8.98. The first kappa shape index (κ1) is 21.2. The standard InChI is InChI=1S/C19H24N2O7/c1-4-12(2)17(18(24)26-3)20-15(22)11-27-16(23)9-10-21-13-7-5-6-8-14(13)28-19(21)25/h5-8,12,17H,4,9-11H2,1-3H3,(H,20,22)/t12-,17-/m0/s1. The SMILES string of the molecule is CC[C@H](C)[C@H](NC(=O)COC(=O)CCn1c(=O)oc2ccccc21)C(=O)OC. The molecule has 0 unspecified atom stereocenters. The van der Waals surface area contributed by atoms with Gasteiger partial charge in [0.25, 0.3) is 5.91 Å². The highest BCUT2D eigenvalue weighted by Gasteiger charge is 2.27. The second kappa shape index (κ2) is 9.72. The van der Waals surface area contributed by atoms with Crippen LogP contribution in [0.25, 0.3) is 11.1 Å². The molecule has 0 bridgehead atoms. The highest BCUT2D eigenvalue weighted by Crippen LogP contribution is 2.12. The van der Waals surface area contributed by atoms with E-state index < -0.39 is 36.3 Å². The molecule has 0 aliphatic rings. The molecule has 9 nitrogen and oxygen atoms in total. The number of carbonyl (C=O) groups excluding carboxylic acids is 3. The average Bonchev–Trinajstić information content (AvgIpc) is 3.02. The van der Waals surface area contributed by atoms with Gasteiger partial charge < -0.3 is 19.2 Å². The van der Waals surface area contributed by atoms with Crippen molar-refractivity contribution in [3.8, 4) is 0 Å². The van der Waals surface area contributed by atoms with Crippen LogP contribution in [0.5, 0.6) is 0 Å². The van der Waals surface area contributed by atoms with Crippen molar-refractivity contribution in [2.24, 2.45) is 5.92 Å². The van der Waals surface area contributed by atoms with Gasteiger partial charge >= 0.3 is 17.7 Å². The largest absolute Gasteiger partial charge is 0.467 e. The highest BCUT2D eigenvalue weighted by atomic mass is 16.5. The Bertz CT molecular complexity index is 899. The molecule has 2 rings (SSSR count). The molecule has 2 aromatic rings. The van der Waals surface area contributed by atoms with Crippen molar-refractivity contribution in [2.45, 2.75) is 39.3 Å². The Balaban J connectivity index is 1.86. The molecule has 1 N–H and O–H groups in total. The molecule has 0 spiro atoms. The predicted octanol–water partition coefficient (Wildman–Crippen LogP) is 1.23. The lowest BCUT2D eigenvalue weighted by Crippen LogP contribution is -2.47. The molecule has 0 fully saturated rings. The molecule has 152 valence electrons. The fraction of sp³-hybridized carbons (Fsp3) is 0.474. The summed E-state index contributed by atoms with van der Waals surface area (Å²) >= 11 is 0. The highest BCUT2D eigenvalue weighted by molar-refractivity contribution is 5.86. The Morgan fingerprint density at radius 1 is 1.25 bits per heavy atom. The van der Waals surface area contributed by atoms with Crippen LogP contribution < -0.4 is 11.1 Å². The number of methoxy groups -OCH3 is 1. The fourth-order valence-corrected chi connectivity index (χ4v) is 2.66. The van der Waals surface area contributed by atoms with Crippen LogP contribution in [-0.2, 0) is 30.4 Å². The molecule has 0 aliphatic carbocycles. The van der Waals surface area contributed by atoms with Gasteiger partial charge in [-0.2, -0.15) is 0 Å². The fourth-order valence-electron chi connectivity index (χ4n) is 2.66. The van der Waals surface area contributed by atoms with Crippen molar-refractivity contribution in [3.05, 3.63) is 34.8 Å². The molecule has 1 aromatic carbocycles. The van der Waals surface area contributed by atoms with Gasteiger partial charge in [0.05, 0.1) is 19.0 Å². The molecule has 0 aliphatic heterocycles. The number of esters is 2. The van der Waals surface area contributed by atoms with Crippen LogP contribution in [0.3, 0.4) is 0 Å². The second-order valence-electron chi connectivity index (χ2n) is 6.35. The van der Waals surface area contributed by atoms with Crippen molar-refractivity contribution >= 4 is 28.9 Å². The number of aryl methyl sites for hydroxylation is 1. The number of rotatable bonds is 9. The average molecular weight is 392 g/mol. The Kier molecular flexibility index (Phi) is 7.36. The Hall–Kier alpha value is -3.10. The molecule has 0 radical (unpaired) electrons. The minimum Gasteiger partial charge on any atom is -0.467 e. The van der Waals surface area contributed by atoms with Gasteiger partial charge in [0.2, 0.25) is 0 Å². The topological polar surface area (TPSA) is 117 Å². The van der Waals surface area contributed by atoms with Crippen LogP contribution in [0.4, 0.5) is 0 Å². The monoisotopic (exact) mass is 392 g/mol. The third kappa shape index (κ3) is 5.21. The zero-order valence-corrected chi connectivity index (χ0v) is 16.1. The summed E-state index contributed by atoms with van der Waals surface area (Å²) in [5.41, 5.74) is 1.01. The number of benzene rings is 1. The van der Waals surface area contributed by atoms with E-state index in [1.165, 1.54) is 11.7 Å². The van der Waals surface area contributed by atoms with Gasteiger partial charge in [0.1, 0.15) is 6.04 Å². The molecule has 1 aromatic heterocycles. The van der Waals surface area contributed by atoms with Crippen LogP contribution in [0, 0.1) is 5.92 Å². The zero-order chi connectivity index (χ0) is 20.7. The number of carbonyl (C=O) groups is 3. The molecule has 2 atom stereocenters. The maximum atomic E-state index is 12.0. The Morgan fingerprint density at radius 2 is 1.96 bits per heavy atom. The lowest BCUT2D eigenvalue weighted by Gasteiger charge is -2.21. The number of fused-ring (bicyclic) bond motifs is 1. The zero-order valence-electron chi connectivity index (χ0n) is 16.1. The summed E-state index contributed by atoms with van der Waals surface area (Å²) in [6.07, 6.45) is 0.551. The first-order valence-corrected chi connectivity index (χ1v) is 8.98. The van der Waals surface area contributed by atoms with Crippen LogP contribution >= 0.6 is 0 Å². The summed E-state index contributed by atoms with van der Waals surface area (Å²) in [6, 6.07) is 6.05. The van der Waals surface area contributed by atoms with Crippen LogP contribution in [0.2, 0.25) is 0 Å². The van der Waals surface area contributed by atoms with Crippen molar-refractivity contribution in [2.75, 3.05) is 13.7 Å². The van der Waals surface area contributed by atoms with Crippen LogP contribution in [0.1, 0.15) is 26.7 Å². The molecule has 1 amide bonds. The number of ether oxygens (including phenoxy) is 2. The van der Waals surface area contributed by atoms with Gasteiger partial charge in [0, 0.05) is 6.54 Å². The van der Waals surface area contributed by atoms with E-state index in [0.29, 0.717) is 17.5 Å². The summed E-state index contributed by atoms with van der Waals surface area (Å²) < 4.78 is 16.0. The molecular weight excluding hydrogens is 368 g/mol. The van der Waals surface area contributed by atoms with E-state index in [1.807, 2.05) is 6.92 Å². The number of hydrogen-bond donors (Lipinski definition) is 1. The predicted molar refractivity (Wildman–Crippen MR) is 99.5 cm³/mol. The van der Waals surface area contributed by atoms with Crippen molar-refractivity contribution in [3.63, 3.8) is 0 Å². The number of oxazole rings is 1. The minimum absolute atomic E-state index is 0.0634. The Morgan fingerprint density at radius 3 is 2.64 bits per heavy atom. The van der Waals surface area contributed by atoms with E-state index in [0.717, 1.165) is 0 Å². The van der Waals surface area contributed by atoms with Crippen LogP contribution in [-0.4, -0.2) is 42.2 Å². The number of nitrogens with zero attached hydrogens (tertiary/aromatic N) is 1. The van der Waals surface area contributed by atoms with E-state index >= 15 is 0 Å². The number of amides is 1. The third-order valence-corrected chi connectivity index (χ3v) is 4.46. The van der Waals surface area contributed by atoms with Gasteiger partial charge in [0.15, 0.2) is 12.2 Å². The summed E-state index contributed by atoms with van der Waals surface area (Å²) in [5, 5.41) is 2.52. The molecule has 9 heteroatoms. The maximum Gasteiger partial charge on any atom is 0.419 e. The minimum atomic E-state index is -0.808. The summed E-state index contributed by atoms with van der Waals surface area (Å²) in [4.78, 5) is 47.5. The van der Waals surface area contributed by atoms with Crippen LogP contribution in [0.15, 0.2) is 33.5 Å². The van der Waals surface area contributed by atoms with Crippen molar-refractivity contribution < 1.29 is 28.3 Å².